The van der Waals surface area contributed by atoms with E-state index in [2.05, 4.69) is 5.32 Å². The van der Waals surface area contributed by atoms with Crippen molar-refractivity contribution in [1.29, 1.82) is 0 Å². The summed E-state index contributed by atoms with van der Waals surface area (Å²) in [4.78, 5) is 0. The van der Waals surface area contributed by atoms with Crippen LogP contribution in [0.4, 0.5) is 0 Å². The van der Waals surface area contributed by atoms with E-state index in [9.17, 15) is 0 Å². The summed E-state index contributed by atoms with van der Waals surface area (Å²) in [6.45, 7) is 4.79. The van der Waals surface area contributed by atoms with E-state index in [4.69, 9.17) is 14.2 Å². The number of methoxy groups -OCH3 is 2. The van der Waals surface area contributed by atoms with Crippen molar-refractivity contribution in [3.05, 3.63) is 23.8 Å². The molecule has 0 aliphatic heterocycles. The maximum absolute atomic E-state index is 5.91. The number of rotatable bonds is 7. The minimum atomic E-state index is -0.0316. The maximum Gasteiger partial charge on any atom is 0.128 e. The summed E-state index contributed by atoms with van der Waals surface area (Å²) in [6, 6.07) is 5.79. The van der Waals surface area contributed by atoms with E-state index in [1.165, 1.54) is 0 Å². The Labute approximate surface area is 109 Å². The van der Waals surface area contributed by atoms with Crippen molar-refractivity contribution >= 4 is 0 Å². The summed E-state index contributed by atoms with van der Waals surface area (Å²) in [7, 11) is 5.21. The third-order valence-electron chi connectivity index (χ3n) is 2.61. The molecule has 1 unspecified atom stereocenters. The highest BCUT2D eigenvalue weighted by Gasteiger charge is 2.18. The van der Waals surface area contributed by atoms with E-state index in [0.29, 0.717) is 0 Å². The van der Waals surface area contributed by atoms with Gasteiger partial charge in [-0.25, -0.2) is 0 Å². The van der Waals surface area contributed by atoms with E-state index in [1.807, 2.05) is 39.1 Å². The topological polar surface area (TPSA) is 39.7 Å². The molecule has 0 saturated heterocycles. The van der Waals surface area contributed by atoms with Crippen LogP contribution in [0.1, 0.15) is 25.5 Å². The molecule has 1 aromatic carbocycles. The quantitative estimate of drug-likeness (QED) is 0.810. The van der Waals surface area contributed by atoms with Crippen LogP contribution in [0.2, 0.25) is 0 Å². The first-order valence-electron chi connectivity index (χ1n) is 6.14. The van der Waals surface area contributed by atoms with Gasteiger partial charge in [0.15, 0.2) is 0 Å². The first-order valence-corrected chi connectivity index (χ1v) is 6.14. The fourth-order valence-electron chi connectivity index (χ4n) is 1.83. The molecule has 4 heteroatoms. The van der Waals surface area contributed by atoms with Crippen molar-refractivity contribution < 1.29 is 14.2 Å². The molecule has 0 aliphatic rings. The highest BCUT2D eigenvalue weighted by molar-refractivity contribution is 5.42. The van der Waals surface area contributed by atoms with Crippen molar-refractivity contribution in [2.24, 2.45) is 0 Å². The zero-order valence-electron chi connectivity index (χ0n) is 11.8. The fraction of sp³-hybridized carbons (Fsp3) is 0.571. The summed E-state index contributed by atoms with van der Waals surface area (Å²) < 4.78 is 16.5. The zero-order valence-corrected chi connectivity index (χ0v) is 11.8. The average Bonchev–Trinajstić information content (AvgIpc) is 2.37. The van der Waals surface area contributed by atoms with E-state index < -0.39 is 0 Å². The molecule has 0 amide bonds. The van der Waals surface area contributed by atoms with Crippen molar-refractivity contribution in [3.63, 3.8) is 0 Å². The first-order chi connectivity index (χ1) is 8.62. The van der Waals surface area contributed by atoms with Crippen molar-refractivity contribution in [1.82, 2.24) is 5.32 Å². The van der Waals surface area contributed by atoms with Gasteiger partial charge in [0.05, 0.1) is 26.4 Å². The highest BCUT2D eigenvalue weighted by atomic mass is 16.5. The lowest BCUT2D eigenvalue weighted by Gasteiger charge is -2.22. The second kappa shape index (κ2) is 7.24. The van der Waals surface area contributed by atoms with Crippen LogP contribution in [0, 0.1) is 0 Å². The molecule has 0 aliphatic carbocycles. The molecule has 0 aromatic heterocycles. The molecule has 102 valence electrons. The molecular weight excluding hydrogens is 230 g/mol. The van der Waals surface area contributed by atoms with E-state index in [-0.39, 0.29) is 12.2 Å². The van der Waals surface area contributed by atoms with Crippen LogP contribution in [-0.2, 0) is 4.74 Å². The molecular formula is C14H23NO3. The van der Waals surface area contributed by atoms with E-state index >= 15 is 0 Å². The van der Waals surface area contributed by atoms with E-state index in [1.54, 1.807) is 14.2 Å². The third kappa shape index (κ3) is 3.89. The molecule has 1 atom stereocenters. The molecule has 4 nitrogen and oxygen atoms in total. The zero-order chi connectivity index (χ0) is 13.5. The second-order valence-corrected chi connectivity index (χ2v) is 4.34. The Bertz CT molecular complexity index is 366. The predicted molar refractivity (Wildman–Crippen MR) is 72.4 cm³/mol. The smallest absolute Gasteiger partial charge is 0.128 e. The Morgan fingerprint density at radius 2 is 1.89 bits per heavy atom. The van der Waals surface area contributed by atoms with Gasteiger partial charge in [0.1, 0.15) is 11.5 Å². The predicted octanol–water partition coefficient (Wildman–Crippen LogP) is 2.39. The lowest BCUT2D eigenvalue weighted by Crippen LogP contribution is -2.22. The molecule has 1 aromatic rings. The molecule has 0 fully saturated rings. The summed E-state index contributed by atoms with van der Waals surface area (Å²) in [5.41, 5.74) is 1.03. The summed E-state index contributed by atoms with van der Waals surface area (Å²) in [6.07, 6.45) is 0.131. The van der Waals surface area contributed by atoms with Gasteiger partial charge in [-0.1, -0.05) is 0 Å². The fourth-order valence-corrected chi connectivity index (χ4v) is 1.83. The number of ether oxygens (including phenoxy) is 3. The van der Waals surface area contributed by atoms with Gasteiger partial charge in [-0.2, -0.15) is 0 Å². The van der Waals surface area contributed by atoms with Crippen LogP contribution in [-0.4, -0.2) is 33.9 Å². The minimum absolute atomic E-state index is 0.0316. The maximum atomic E-state index is 5.91. The SMILES string of the molecule is CNCC(OC(C)C)c1ccc(OC)cc1OC. The first kappa shape index (κ1) is 14.8. The van der Waals surface area contributed by atoms with Crippen molar-refractivity contribution in [2.75, 3.05) is 27.8 Å². The van der Waals surface area contributed by atoms with Crippen LogP contribution < -0.4 is 14.8 Å². The summed E-state index contributed by atoms with van der Waals surface area (Å²) in [5.74, 6) is 1.57. The average molecular weight is 253 g/mol. The summed E-state index contributed by atoms with van der Waals surface area (Å²) in [5, 5.41) is 3.14. The largest absolute Gasteiger partial charge is 0.497 e. The molecule has 0 bridgehead atoms. The lowest BCUT2D eigenvalue weighted by atomic mass is 10.1. The van der Waals surface area contributed by atoms with Gasteiger partial charge < -0.3 is 19.5 Å². The molecule has 0 saturated carbocycles. The Balaban J connectivity index is 3.02. The minimum Gasteiger partial charge on any atom is -0.497 e. The number of nitrogens with one attached hydrogen (secondary N) is 1. The van der Waals surface area contributed by atoms with E-state index in [0.717, 1.165) is 23.6 Å². The number of hydrogen-bond donors (Lipinski definition) is 1. The van der Waals surface area contributed by atoms with Crippen LogP contribution in [0.15, 0.2) is 18.2 Å². The van der Waals surface area contributed by atoms with Gasteiger partial charge in [0.2, 0.25) is 0 Å². The Morgan fingerprint density at radius 1 is 1.17 bits per heavy atom. The van der Waals surface area contributed by atoms with Crippen LogP contribution in [0.5, 0.6) is 11.5 Å². The van der Waals surface area contributed by atoms with Crippen LogP contribution in [0.25, 0.3) is 0 Å². The van der Waals surface area contributed by atoms with Gasteiger partial charge in [0.25, 0.3) is 0 Å². The van der Waals surface area contributed by atoms with Gasteiger partial charge in [-0.15, -0.1) is 0 Å². The van der Waals surface area contributed by atoms with Gasteiger partial charge in [0, 0.05) is 18.2 Å². The Morgan fingerprint density at radius 3 is 2.39 bits per heavy atom. The molecule has 18 heavy (non-hydrogen) atoms. The van der Waals surface area contributed by atoms with Crippen LogP contribution >= 0.6 is 0 Å². The monoisotopic (exact) mass is 253 g/mol. The molecule has 0 radical (unpaired) electrons. The third-order valence-corrected chi connectivity index (χ3v) is 2.61. The van der Waals surface area contributed by atoms with Crippen molar-refractivity contribution in [2.45, 2.75) is 26.1 Å². The number of hydrogen-bond acceptors (Lipinski definition) is 4. The standard InChI is InChI=1S/C14H23NO3/c1-10(2)18-14(9-15-3)12-7-6-11(16-4)8-13(12)17-5/h6-8,10,14-15H,9H2,1-5H3. The number of benzene rings is 1. The summed E-state index contributed by atoms with van der Waals surface area (Å²) >= 11 is 0. The van der Waals surface area contributed by atoms with Crippen molar-refractivity contribution in [3.8, 4) is 11.5 Å². The molecule has 1 N–H and O–H groups in total. The highest BCUT2D eigenvalue weighted by Crippen LogP contribution is 2.31. The Hall–Kier alpha value is -1.26. The lowest BCUT2D eigenvalue weighted by molar-refractivity contribution is 0.00692. The normalized spacial score (nSPS) is 12.6. The molecule has 1 rings (SSSR count). The van der Waals surface area contributed by atoms with Gasteiger partial charge in [-0.3, -0.25) is 0 Å². The van der Waals surface area contributed by atoms with Gasteiger partial charge in [-0.05, 0) is 33.0 Å². The number of likely N-dealkylation sites (N-methyl/N-ethyl adjacent to an activating group) is 1. The Kier molecular flexibility index (Phi) is 5.95. The second-order valence-electron chi connectivity index (χ2n) is 4.34. The molecule has 0 spiro atoms. The van der Waals surface area contributed by atoms with Gasteiger partial charge >= 0.3 is 0 Å². The van der Waals surface area contributed by atoms with Crippen LogP contribution in [0.3, 0.4) is 0 Å². The molecule has 0 heterocycles.